The van der Waals surface area contributed by atoms with Gasteiger partial charge in [0.25, 0.3) is 0 Å². The lowest BCUT2D eigenvalue weighted by Gasteiger charge is -2.08. The Balaban J connectivity index is 1.78. The lowest BCUT2D eigenvalue weighted by Crippen LogP contribution is -2.00. The Hall–Kier alpha value is -2.57. The number of hydrogen-bond acceptors (Lipinski definition) is 2. The minimum Gasteiger partial charge on any atom is -0.494 e. The minimum atomic E-state index is 0.610. The summed E-state index contributed by atoms with van der Waals surface area (Å²) < 4.78 is 11.0. The zero-order valence-corrected chi connectivity index (χ0v) is 13.2. The Labute approximate surface area is 138 Å². The smallest absolute Gasteiger partial charge is 0.187 e. The van der Waals surface area contributed by atoms with Crippen molar-refractivity contribution in [2.24, 2.45) is 0 Å². The molecule has 0 aliphatic carbocycles. The molecule has 3 heteroatoms. The van der Waals surface area contributed by atoms with Crippen molar-refractivity contribution in [3.05, 3.63) is 72.6 Å². The second-order valence-corrected chi connectivity index (χ2v) is 5.10. The molecule has 3 nitrogen and oxygen atoms in total. The molecule has 2 aromatic rings. The maximum absolute atomic E-state index is 6.97. The summed E-state index contributed by atoms with van der Waals surface area (Å²) in [5.41, 5.74) is 2.88. The fourth-order valence-electron chi connectivity index (χ4n) is 2.13. The summed E-state index contributed by atoms with van der Waals surface area (Å²) in [5, 5.41) is 0. The Kier molecular flexibility index (Phi) is 6.90. The van der Waals surface area contributed by atoms with Gasteiger partial charge in [0.1, 0.15) is 5.75 Å². The molecule has 0 fully saturated rings. The first kappa shape index (κ1) is 16.8. The predicted molar refractivity (Wildman–Crippen MR) is 93.9 cm³/mol. The molecule has 0 heterocycles. The van der Waals surface area contributed by atoms with Gasteiger partial charge in [-0.15, -0.1) is 6.58 Å². The van der Waals surface area contributed by atoms with Crippen LogP contribution in [0.2, 0.25) is 0 Å². The summed E-state index contributed by atoms with van der Waals surface area (Å²) >= 11 is 0. The Morgan fingerprint density at radius 3 is 2.13 bits per heavy atom. The van der Waals surface area contributed by atoms with Crippen molar-refractivity contribution >= 4 is 5.69 Å². The van der Waals surface area contributed by atoms with Crippen LogP contribution in [-0.2, 0) is 4.74 Å². The van der Waals surface area contributed by atoms with Gasteiger partial charge in [0, 0.05) is 6.61 Å². The third-order valence-electron chi connectivity index (χ3n) is 3.37. The summed E-state index contributed by atoms with van der Waals surface area (Å²) in [6.07, 6.45) is 3.71. The van der Waals surface area contributed by atoms with Crippen molar-refractivity contribution in [1.29, 1.82) is 0 Å². The molecule has 118 valence electrons. The first-order chi connectivity index (χ1) is 11.3. The van der Waals surface area contributed by atoms with Crippen LogP contribution in [0.5, 0.6) is 5.75 Å². The molecule has 0 aliphatic rings. The Morgan fingerprint density at radius 1 is 0.913 bits per heavy atom. The number of nitrogens with zero attached hydrogens (tertiary/aromatic N) is 1. The highest BCUT2D eigenvalue weighted by atomic mass is 16.5. The van der Waals surface area contributed by atoms with E-state index in [9.17, 15) is 0 Å². The van der Waals surface area contributed by atoms with E-state index in [1.54, 1.807) is 6.08 Å². The minimum absolute atomic E-state index is 0.610. The monoisotopic (exact) mass is 307 g/mol. The number of rotatable bonds is 9. The van der Waals surface area contributed by atoms with Gasteiger partial charge in [-0.3, -0.25) is 0 Å². The van der Waals surface area contributed by atoms with E-state index in [2.05, 4.69) is 11.4 Å². The number of hydrogen-bond donors (Lipinski definition) is 0. The van der Waals surface area contributed by atoms with Gasteiger partial charge in [0.15, 0.2) is 5.69 Å². The average molecular weight is 307 g/mol. The highest BCUT2D eigenvalue weighted by molar-refractivity contribution is 5.66. The van der Waals surface area contributed by atoms with Gasteiger partial charge >= 0.3 is 0 Å². The lowest BCUT2D eigenvalue weighted by atomic mass is 10.1. The van der Waals surface area contributed by atoms with Gasteiger partial charge in [-0.1, -0.05) is 42.5 Å². The zero-order chi connectivity index (χ0) is 16.3. The van der Waals surface area contributed by atoms with Crippen LogP contribution < -0.4 is 4.74 Å². The van der Waals surface area contributed by atoms with Crippen LogP contribution in [-0.4, -0.2) is 19.8 Å². The highest BCUT2D eigenvalue weighted by Gasteiger charge is 1.99. The molecule has 0 N–H and O–H groups in total. The summed E-state index contributed by atoms with van der Waals surface area (Å²) in [6.45, 7) is 12.6. The van der Waals surface area contributed by atoms with Gasteiger partial charge < -0.3 is 9.47 Å². The molecule has 0 amide bonds. The van der Waals surface area contributed by atoms with E-state index in [1.165, 1.54) is 0 Å². The van der Waals surface area contributed by atoms with Crippen LogP contribution in [0.25, 0.3) is 16.0 Å². The molecular formula is C20H21NO2. The summed E-state index contributed by atoms with van der Waals surface area (Å²) in [5.74, 6) is 0.874. The molecule has 0 aromatic heterocycles. The summed E-state index contributed by atoms with van der Waals surface area (Å²) in [6, 6.07) is 15.6. The van der Waals surface area contributed by atoms with E-state index in [0.29, 0.717) is 18.9 Å². The number of benzene rings is 2. The number of unbranched alkanes of at least 4 members (excludes halogenated alkanes) is 1. The Bertz CT molecular complexity index is 639. The first-order valence-electron chi connectivity index (χ1n) is 7.73. The molecule has 0 unspecified atom stereocenters. The van der Waals surface area contributed by atoms with Gasteiger partial charge in [-0.2, -0.15) is 0 Å². The first-order valence-corrected chi connectivity index (χ1v) is 7.73. The van der Waals surface area contributed by atoms with Crippen LogP contribution in [0.4, 0.5) is 5.69 Å². The maximum atomic E-state index is 6.97. The van der Waals surface area contributed by atoms with Crippen LogP contribution >= 0.6 is 0 Å². The quantitative estimate of drug-likeness (QED) is 0.358. The molecule has 0 aliphatic heterocycles. The van der Waals surface area contributed by atoms with Crippen LogP contribution in [0.3, 0.4) is 0 Å². The van der Waals surface area contributed by atoms with Crippen molar-refractivity contribution in [3.63, 3.8) is 0 Å². The standard InChI is InChI=1S/C20H21NO2/c1-3-14-22-15-4-5-16-23-20-12-8-18(9-13-20)17-6-10-19(21-2)11-7-17/h3,6-13H,1,4-5,14-16H2. The third-order valence-corrected chi connectivity index (χ3v) is 3.37. The molecule has 0 atom stereocenters. The van der Waals surface area contributed by atoms with Crippen molar-refractivity contribution < 1.29 is 9.47 Å². The van der Waals surface area contributed by atoms with E-state index in [4.69, 9.17) is 16.0 Å². The van der Waals surface area contributed by atoms with E-state index in [-0.39, 0.29) is 0 Å². The molecule has 2 aromatic carbocycles. The van der Waals surface area contributed by atoms with E-state index in [1.807, 2.05) is 48.5 Å². The molecule has 2 rings (SSSR count). The molecule has 0 spiro atoms. The van der Waals surface area contributed by atoms with E-state index >= 15 is 0 Å². The van der Waals surface area contributed by atoms with Crippen LogP contribution in [0.1, 0.15) is 12.8 Å². The van der Waals surface area contributed by atoms with Crippen LogP contribution in [0.15, 0.2) is 61.2 Å². The van der Waals surface area contributed by atoms with Crippen molar-refractivity contribution in [3.8, 4) is 16.9 Å². The zero-order valence-electron chi connectivity index (χ0n) is 13.2. The summed E-state index contributed by atoms with van der Waals surface area (Å²) in [4.78, 5) is 3.40. The van der Waals surface area contributed by atoms with Crippen molar-refractivity contribution in [2.45, 2.75) is 12.8 Å². The molecule has 0 bridgehead atoms. The SMILES string of the molecule is [C-]#[N+]c1ccc(-c2ccc(OCCCCOCC=C)cc2)cc1. The van der Waals surface area contributed by atoms with Gasteiger partial charge in [0.2, 0.25) is 0 Å². The third kappa shape index (κ3) is 5.61. The van der Waals surface area contributed by atoms with E-state index < -0.39 is 0 Å². The molecular weight excluding hydrogens is 286 g/mol. The van der Waals surface area contributed by atoms with Crippen LogP contribution in [0, 0.1) is 6.57 Å². The fourth-order valence-corrected chi connectivity index (χ4v) is 2.13. The molecule has 0 saturated heterocycles. The second kappa shape index (κ2) is 9.45. The fraction of sp³-hybridized carbons (Fsp3) is 0.250. The van der Waals surface area contributed by atoms with E-state index in [0.717, 1.165) is 36.3 Å². The normalized spacial score (nSPS) is 10.0. The molecule has 0 saturated carbocycles. The van der Waals surface area contributed by atoms with Gasteiger partial charge in [-0.05, 0) is 36.1 Å². The molecule has 23 heavy (non-hydrogen) atoms. The van der Waals surface area contributed by atoms with Crippen molar-refractivity contribution in [2.75, 3.05) is 19.8 Å². The van der Waals surface area contributed by atoms with Crippen molar-refractivity contribution in [1.82, 2.24) is 0 Å². The topological polar surface area (TPSA) is 22.8 Å². The molecule has 0 radical (unpaired) electrons. The Morgan fingerprint density at radius 2 is 1.52 bits per heavy atom. The highest BCUT2D eigenvalue weighted by Crippen LogP contribution is 2.24. The summed E-state index contributed by atoms with van der Waals surface area (Å²) in [7, 11) is 0. The second-order valence-electron chi connectivity index (χ2n) is 5.10. The van der Waals surface area contributed by atoms with Gasteiger partial charge in [-0.25, -0.2) is 4.85 Å². The average Bonchev–Trinajstić information content (AvgIpc) is 2.61. The number of ether oxygens (including phenoxy) is 2. The maximum Gasteiger partial charge on any atom is 0.187 e. The predicted octanol–water partition coefficient (Wildman–Crippen LogP) is 5.27. The largest absolute Gasteiger partial charge is 0.494 e. The van der Waals surface area contributed by atoms with Gasteiger partial charge in [0.05, 0.1) is 19.8 Å². The lowest BCUT2D eigenvalue weighted by molar-refractivity contribution is 0.152.